The normalized spacial score (nSPS) is 11.0. The van der Waals surface area contributed by atoms with Crippen LogP contribution in [-0.4, -0.2) is 45.1 Å². The Hall–Kier alpha value is -5.07. The maximum Gasteiger partial charge on any atom is 0.263 e. The monoisotopic (exact) mass is 618 g/mol. The first-order valence-corrected chi connectivity index (χ1v) is 14.8. The minimum Gasteiger partial charge on any atom is -0.497 e. The fourth-order valence-corrected chi connectivity index (χ4v) is 5.33. The zero-order valence-corrected chi connectivity index (χ0v) is 24.7. The summed E-state index contributed by atoms with van der Waals surface area (Å²) in [6.45, 7) is -0.0493. The van der Waals surface area contributed by atoms with E-state index in [-0.39, 0.29) is 29.0 Å². The fourth-order valence-electron chi connectivity index (χ4n) is 4.09. The molecule has 0 aliphatic rings. The lowest BCUT2D eigenvalue weighted by Gasteiger charge is -2.15. The number of rotatable bonds is 11. The number of methoxy groups -OCH3 is 2. The van der Waals surface area contributed by atoms with Crippen molar-refractivity contribution in [2.45, 2.75) is 4.90 Å². The number of hydrogen-bond acceptors (Lipinski definition) is 9. The maximum absolute atomic E-state index is 13.5. The molecule has 0 aliphatic carbocycles. The van der Waals surface area contributed by atoms with Crippen molar-refractivity contribution in [3.8, 4) is 11.5 Å². The average Bonchev–Trinajstić information content (AvgIpc) is 3.00. The van der Waals surface area contributed by atoms with Crippen LogP contribution in [0.1, 0.15) is 0 Å². The Balaban J connectivity index is 1.39. The molecular formula is C30H27ClN6O5S. The fraction of sp³-hybridized carbons (Fsp3) is 0.100. The van der Waals surface area contributed by atoms with Gasteiger partial charge in [0.2, 0.25) is 5.91 Å². The van der Waals surface area contributed by atoms with Crippen molar-refractivity contribution in [3.05, 3.63) is 96.0 Å². The number of hydrogen-bond donors (Lipinski definition) is 4. The number of ether oxygens (including phenoxy) is 2. The van der Waals surface area contributed by atoms with E-state index in [1.165, 1.54) is 32.4 Å². The molecule has 0 spiro atoms. The molecule has 0 radical (unpaired) electrons. The lowest BCUT2D eigenvalue weighted by atomic mass is 10.2. The van der Waals surface area contributed by atoms with Gasteiger partial charge < -0.3 is 25.4 Å². The number of anilines is 5. The van der Waals surface area contributed by atoms with E-state index in [9.17, 15) is 13.2 Å². The number of sulfonamides is 1. The van der Waals surface area contributed by atoms with Crippen LogP contribution in [0.5, 0.6) is 11.5 Å². The number of halogens is 1. The molecule has 0 saturated carbocycles. The zero-order chi connectivity index (χ0) is 30.4. The number of fused-ring (bicyclic) bond motifs is 1. The molecule has 0 saturated heterocycles. The van der Waals surface area contributed by atoms with Gasteiger partial charge in [-0.2, -0.15) is 0 Å². The molecule has 1 heterocycles. The van der Waals surface area contributed by atoms with E-state index in [2.05, 4.69) is 30.6 Å². The SMILES string of the molecule is COc1cc(Nc2nc3ccccc3nc2NS(=O)(=O)c2cccc(NC(=O)CNc3cccc(Cl)c3)c2)cc(OC)c1. The second kappa shape index (κ2) is 12.8. The van der Waals surface area contributed by atoms with Crippen LogP contribution in [0.4, 0.5) is 28.7 Å². The third kappa shape index (κ3) is 7.42. The number of carbonyl (C=O) groups is 1. The van der Waals surface area contributed by atoms with Gasteiger partial charge in [0.15, 0.2) is 11.6 Å². The van der Waals surface area contributed by atoms with Crippen molar-refractivity contribution >= 4 is 67.3 Å². The van der Waals surface area contributed by atoms with Crippen LogP contribution in [0.15, 0.2) is 95.9 Å². The highest BCUT2D eigenvalue weighted by Gasteiger charge is 2.20. The first kappa shape index (κ1) is 29.4. The molecule has 0 bridgehead atoms. The highest BCUT2D eigenvalue weighted by molar-refractivity contribution is 7.92. The third-order valence-corrected chi connectivity index (χ3v) is 7.69. The van der Waals surface area contributed by atoms with Gasteiger partial charge in [-0.3, -0.25) is 9.52 Å². The minimum absolute atomic E-state index is 0.0272. The molecule has 220 valence electrons. The molecule has 4 aromatic carbocycles. The van der Waals surface area contributed by atoms with Gasteiger partial charge in [-0.1, -0.05) is 35.9 Å². The van der Waals surface area contributed by atoms with E-state index in [0.29, 0.717) is 44.6 Å². The number of amides is 1. The van der Waals surface area contributed by atoms with Gasteiger partial charge in [0, 0.05) is 40.3 Å². The van der Waals surface area contributed by atoms with E-state index < -0.39 is 10.0 Å². The molecule has 1 aromatic heterocycles. The minimum atomic E-state index is -4.16. The zero-order valence-electron chi connectivity index (χ0n) is 23.1. The summed E-state index contributed by atoms with van der Waals surface area (Å²) in [7, 11) is -1.11. The number of nitrogens with one attached hydrogen (secondary N) is 4. The van der Waals surface area contributed by atoms with Crippen LogP contribution in [0, 0.1) is 0 Å². The first-order chi connectivity index (χ1) is 20.7. The van der Waals surface area contributed by atoms with Gasteiger partial charge in [-0.15, -0.1) is 0 Å². The number of nitrogens with zero attached hydrogens (tertiary/aromatic N) is 2. The van der Waals surface area contributed by atoms with Crippen LogP contribution in [0.25, 0.3) is 11.0 Å². The molecule has 5 aromatic rings. The summed E-state index contributed by atoms with van der Waals surface area (Å²) in [6.07, 6.45) is 0. The molecule has 4 N–H and O–H groups in total. The molecule has 1 amide bonds. The maximum atomic E-state index is 13.5. The van der Waals surface area contributed by atoms with Crippen molar-refractivity contribution in [1.82, 2.24) is 9.97 Å². The Morgan fingerprint density at radius 3 is 2.09 bits per heavy atom. The van der Waals surface area contributed by atoms with Crippen molar-refractivity contribution in [1.29, 1.82) is 0 Å². The molecule has 0 unspecified atom stereocenters. The number of aromatic nitrogens is 2. The second-order valence-electron chi connectivity index (χ2n) is 9.18. The third-order valence-electron chi connectivity index (χ3n) is 6.12. The predicted molar refractivity (Wildman–Crippen MR) is 168 cm³/mol. The van der Waals surface area contributed by atoms with E-state index in [1.807, 2.05) is 6.07 Å². The summed E-state index contributed by atoms with van der Waals surface area (Å²) in [5.41, 5.74) is 2.56. The highest BCUT2D eigenvalue weighted by Crippen LogP contribution is 2.31. The molecule has 0 aliphatic heterocycles. The molecule has 0 fully saturated rings. The number of benzene rings is 4. The van der Waals surface area contributed by atoms with Gasteiger partial charge in [0.25, 0.3) is 10.0 Å². The first-order valence-electron chi connectivity index (χ1n) is 12.9. The van der Waals surface area contributed by atoms with E-state index in [1.54, 1.807) is 66.7 Å². The van der Waals surface area contributed by atoms with Crippen molar-refractivity contribution < 1.29 is 22.7 Å². The van der Waals surface area contributed by atoms with Gasteiger partial charge >= 0.3 is 0 Å². The summed E-state index contributed by atoms with van der Waals surface area (Å²) in [5.74, 6) is 0.816. The smallest absolute Gasteiger partial charge is 0.263 e. The Labute approximate surface area is 253 Å². The molecule has 13 heteroatoms. The lowest BCUT2D eigenvalue weighted by Crippen LogP contribution is -2.22. The molecule has 43 heavy (non-hydrogen) atoms. The number of para-hydroxylation sites is 2. The van der Waals surface area contributed by atoms with E-state index >= 15 is 0 Å². The summed E-state index contributed by atoms with van der Waals surface area (Å²) in [6, 6.07) is 25.1. The molecule has 11 nitrogen and oxygen atoms in total. The van der Waals surface area contributed by atoms with Crippen LogP contribution >= 0.6 is 11.6 Å². The van der Waals surface area contributed by atoms with Gasteiger partial charge in [0.05, 0.1) is 36.7 Å². The largest absolute Gasteiger partial charge is 0.497 e. The Morgan fingerprint density at radius 2 is 1.42 bits per heavy atom. The van der Waals surface area contributed by atoms with E-state index in [0.717, 1.165) is 0 Å². The van der Waals surface area contributed by atoms with Crippen LogP contribution in [0.2, 0.25) is 5.02 Å². The quantitative estimate of drug-likeness (QED) is 0.142. The summed E-state index contributed by atoms with van der Waals surface area (Å²) in [4.78, 5) is 21.6. The molecule has 5 rings (SSSR count). The topological polar surface area (TPSA) is 144 Å². The lowest BCUT2D eigenvalue weighted by molar-refractivity contribution is -0.114. The Morgan fingerprint density at radius 1 is 0.767 bits per heavy atom. The summed E-state index contributed by atoms with van der Waals surface area (Å²) in [5, 5.41) is 9.33. The highest BCUT2D eigenvalue weighted by atomic mass is 35.5. The van der Waals surface area contributed by atoms with E-state index in [4.69, 9.17) is 21.1 Å². The van der Waals surface area contributed by atoms with Crippen LogP contribution in [-0.2, 0) is 14.8 Å². The second-order valence-corrected chi connectivity index (χ2v) is 11.3. The van der Waals surface area contributed by atoms with Gasteiger partial charge in [0.1, 0.15) is 11.5 Å². The van der Waals surface area contributed by atoms with Crippen molar-refractivity contribution in [2.75, 3.05) is 41.4 Å². The summed E-state index contributed by atoms with van der Waals surface area (Å²) < 4.78 is 40.3. The summed E-state index contributed by atoms with van der Waals surface area (Å²) >= 11 is 5.99. The average molecular weight is 619 g/mol. The van der Waals surface area contributed by atoms with Crippen LogP contribution < -0.4 is 30.1 Å². The standard InChI is InChI=1S/C30H27ClN6O5S/c1-41-23-14-22(15-24(17-23)42-2)34-29-30(36-27-12-4-3-11-26(27)35-29)37-43(39,40)25-10-6-9-21(16-25)33-28(38)18-32-20-8-5-7-19(31)13-20/h3-17,32H,18H2,1-2H3,(H,33,38)(H,34,35)(H,36,37). The Kier molecular flexibility index (Phi) is 8.79. The molecule has 0 atom stereocenters. The predicted octanol–water partition coefficient (Wildman–Crippen LogP) is 5.90. The molecular weight excluding hydrogens is 592 g/mol. The Bertz CT molecular complexity index is 1880. The number of carbonyl (C=O) groups excluding carboxylic acids is 1. The van der Waals surface area contributed by atoms with Crippen LogP contribution in [0.3, 0.4) is 0 Å². The van der Waals surface area contributed by atoms with Gasteiger partial charge in [-0.25, -0.2) is 18.4 Å². The van der Waals surface area contributed by atoms with Gasteiger partial charge in [-0.05, 0) is 48.5 Å². The van der Waals surface area contributed by atoms with Crippen molar-refractivity contribution in [2.24, 2.45) is 0 Å². The van der Waals surface area contributed by atoms with Crippen molar-refractivity contribution in [3.63, 3.8) is 0 Å².